The number of pyridine rings is 1. The molecule has 0 unspecified atom stereocenters. The first-order valence-corrected chi connectivity index (χ1v) is 7.23. The lowest BCUT2D eigenvalue weighted by atomic mass is 10.3. The third-order valence-corrected chi connectivity index (χ3v) is 4.19. The van der Waals surface area contributed by atoms with Crippen LogP contribution in [0.1, 0.15) is 15.4 Å². The topological polar surface area (TPSA) is 63.1 Å². The molecular formula is C10H3Br2F3N2O2S. The average molecular weight is 432 g/mol. The molecule has 0 atom stereocenters. The van der Waals surface area contributed by atoms with Crippen molar-refractivity contribution in [3.05, 3.63) is 31.8 Å². The zero-order valence-corrected chi connectivity index (χ0v) is 13.2. The minimum Gasteiger partial charge on any atom is -0.477 e. The van der Waals surface area contributed by atoms with Gasteiger partial charge in [0.25, 0.3) is 0 Å². The fourth-order valence-electron chi connectivity index (χ4n) is 1.33. The second-order valence-corrected chi connectivity index (χ2v) is 6.25. The maximum Gasteiger partial charge on any atom is 0.435 e. The first kappa shape index (κ1) is 15.4. The molecule has 2 aromatic heterocycles. The summed E-state index contributed by atoms with van der Waals surface area (Å²) in [6.07, 6.45) is -3.44. The van der Waals surface area contributed by atoms with E-state index in [4.69, 9.17) is 5.11 Å². The van der Waals surface area contributed by atoms with Crippen molar-refractivity contribution >= 4 is 49.2 Å². The first-order valence-electron chi connectivity index (χ1n) is 4.83. The number of aromatic nitrogens is 2. The van der Waals surface area contributed by atoms with Crippen LogP contribution in [0.25, 0.3) is 10.7 Å². The third kappa shape index (κ3) is 3.01. The zero-order chi connectivity index (χ0) is 15.1. The van der Waals surface area contributed by atoms with Crippen molar-refractivity contribution in [1.29, 1.82) is 0 Å². The van der Waals surface area contributed by atoms with Crippen LogP contribution in [0.5, 0.6) is 0 Å². The number of hydrogen-bond donors (Lipinski definition) is 1. The van der Waals surface area contributed by atoms with Gasteiger partial charge in [-0.25, -0.2) is 9.78 Å². The summed E-state index contributed by atoms with van der Waals surface area (Å²) in [7, 11) is 0. The smallest absolute Gasteiger partial charge is 0.435 e. The van der Waals surface area contributed by atoms with Gasteiger partial charge in [0.05, 0.1) is 0 Å². The summed E-state index contributed by atoms with van der Waals surface area (Å²) in [6.45, 7) is 0. The molecule has 0 fully saturated rings. The van der Waals surface area contributed by atoms with Gasteiger partial charge >= 0.3 is 12.1 Å². The van der Waals surface area contributed by atoms with E-state index in [1.54, 1.807) is 6.07 Å². The van der Waals surface area contributed by atoms with E-state index < -0.39 is 22.7 Å². The van der Waals surface area contributed by atoms with Gasteiger partial charge in [-0.05, 0) is 37.9 Å². The summed E-state index contributed by atoms with van der Waals surface area (Å²) in [6, 6.07) is 1.58. The lowest BCUT2D eigenvalue weighted by molar-refractivity contribution is -0.141. The van der Waals surface area contributed by atoms with Crippen LogP contribution < -0.4 is 0 Å². The molecule has 0 radical (unpaired) electrons. The molecule has 2 aromatic rings. The summed E-state index contributed by atoms with van der Waals surface area (Å²) in [5, 5.41) is 8.72. The van der Waals surface area contributed by atoms with Gasteiger partial charge < -0.3 is 5.11 Å². The van der Waals surface area contributed by atoms with Crippen molar-refractivity contribution in [2.24, 2.45) is 0 Å². The van der Waals surface area contributed by atoms with Gasteiger partial charge in [-0.2, -0.15) is 13.2 Å². The summed E-state index contributed by atoms with van der Waals surface area (Å²) < 4.78 is 39.3. The Kier molecular flexibility index (Phi) is 4.17. The molecule has 1 N–H and O–H groups in total. The molecule has 0 saturated carbocycles. The van der Waals surface area contributed by atoms with Gasteiger partial charge in [0.15, 0.2) is 5.69 Å². The predicted octanol–water partition coefficient (Wildman–Crippen LogP) is 4.45. The highest BCUT2D eigenvalue weighted by atomic mass is 79.9. The number of alkyl halides is 3. The van der Waals surface area contributed by atoms with E-state index >= 15 is 0 Å². The van der Waals surface area contributed by atoms with E-state index in [9.17, 15) is 18.0 Å². The number of hydrogen-bond acceptors (Lipinski definition) is 4. The number of thiazole rings is 1. The largest absolute Gasteiger partial charge is 0.477 e. The van der Waals surface area contributed by atoms with Crippen LogP contribution in [0, 0.1) is 0 Å². The fourth-order valence-corrected chi connectivity index (χ4v) is 3.57. The van der Waals surface area contributed by atoms with Crippen LogP contribution in [0.4, 0.5) is 13.2 Å². The van der Waals surface area contributed by atoms with Gasteiger partial charge in [-0.15, -0.1) is 11.3 Å². The number of nitrogens with zero attached hydrogens (tertiary/aromatic N) is 2. The molecule has 0 aliphatic rings. The SMILES string of the molecule is O=C(O)c1sc(-c2ncc(Br)cc2Br)nc1C(F)(F)F. The molecule has 106 valence electrons. The number of carbonyl (C=O) groups is 1. The van der Waals surface area contributed by atoms with Crippen molar-refractivity contribution in [2.75, 3.05) is 0 Å². The lowest BCUT2D eigenvalue weighted by Gasteiger charge is -2.02. The van der Waals surface area contributed by atoms with Gasteiger partial charge in [0, 0.05) is 15.1 Å². The lowest BCUT2D eigenvalue weighted by Crippen LogP contribution is -2.11. The van der Waals surface area contributed by atoms with E-state index in [-0.39, 0.29) is 10.7 Å². The maximum atomic E-state index is 12.7. The van der Waals surface area contributed by atoms with Gasteiger partial charge in [-0.3, -0.25) is 4.98 Å². The highest BCUT2D eigenvalue weighted by Crippen LogP contribution is 2.39. The Morgan fingerprint density at radius 1 is 1.35 bits per heavy atom. The Hall–Kier alpha value is -1.00. The molecule has 0 aliphatic carbocycles. The van der Waals surface area contributed by atoms with Crippen molar-refractivity contribution in [3.63, 3.8) is 0 Å². The molecule has 0 amide bonds. The van der Waals surface area contributed by atoms with Gasteiger partial charge in [0.2, 0.25) is 0 Å². The van der Waals surface area contributed by atoms with E-state index in [0.717, 1.165) is 0 Å². The fraction of sp³-hybridized carbons (Fsp3) is 0.100. The Bertz CT molecular complexity index is 688. The standard InChI is InChI=1S/C10H3Br2F3N2O2S/c11-3-1-4(12)5(16-2-3)8-17-7(10(13,14)15)6(20-8)9(18)19/h1-2H,(H,18,19). The number of aromatic carboxylic acids is 1. The first-order chi connectivity index (χ1) is 9.20. The number of carboxylic acid groups (broad SMARTS) is 1. The van der Waals surface area contributed by atoms with Gasteiger partial charge in [-0.1, -0.05) is 0 Å². The summed E-state index contributed by atoms with van der Waals surface area (Å²) in [5.74, 6) is -1.67. The number of rotatable bonds is 2. The van der Waals surface area contributed by atoms with Crippen LogP contribution in [0.3, 0.4) is 0 Å². The molecule has 0 saturated heterocycles. The van der Waals surface area contributed by atoms with Crippen LogP contribution in [-0.4, -0.2) is 21.0 Å². The molecule has 4 nitrogen and oxygen atoms in total. The van der Waals surface area contributed by atoms with Crippen molar-refractivity contribution in [3.8, 4) is 10.7 Å². The molecule has 0 spiro atoms. The molecule has 20 heavy (non-hydrogen) atoms. The highest BCUT2D eigenvalue weighted by molar-refractivity contribution is 9.11. The Morgan fingerprint density at radius 2 is 2.00 bits per heavy atom. The van der Waals surface area contributed by atoms with Crippen molar-refractivity contribution in [2.45, 2.75) is 6.18 Å². The summed E-state index contributed by atoms with van der Waals surface area (Å²) >= 11 is 6.74. The second kappa shape index (κ2) is 5.41. The van der Waals surface area contributed by atoms with Crippen LogP contribution in [0.15, 0.2) is 21.2 Å². The molecule has 0 aromatic carbocycles. The predicted molar refractivity (Wildman–Crippen MR) is 72.7 cm³/mol. The zero-order valence-electron chi connectivity index (χ0n) is 9.20. The highest BCUT2D eigenvalue weighted by Gasteiger charge is 2.40. The quantitative estimate of drug-likeness (QED) is 0.763. The molecule has 2 heterocycles. The van der Waals surface area contributed by atoms with E-state index in [1.807, 2.05) is 0 Å². The Balaban J connectivity index is 2.62. The third-order valence-electron chi connectivity index (χ3n) is 2.10. The van der Waals surface area contributed by atoms with Gasteiger partial charge in [0.1, 0.15) is 15.6 Å². The molecule has 10 heteroatoms. The molecular weight excluding hydrogens is 429 g/mol. The minimum absolute atomic E-state index is 0.117. The minimum atomic E-state index is -4.83. The summed E-state index contributed by atoms with van der Waals surface area (Å²) in [5.41, 5.74) is -1.27. The maximum absolute atomic E-state index is 12.7. The van der Waals surface area contributed by atoms with Crippen molar-refractivity contribution in [1.82, 2.24) is 9.97 Å². The second-order valence-electron chi connectivity index (χ2n) is 3.48. The van der Waals surface area contributed by atoms with E-state index in [1.165, 1.54) is 6.20 Å². The molecule has 2 rings (SSSR count). The summed E-state index contributed by atoms with van der Waals surface area (Å²) in [4.78, 5) is 17.3. The van der Waals surface area contributed by atoms with E-state index in [0.29, 0.717) is 20.3 Å². The van der Waals surface area contributed by atoms with Crippen LogP contribution >= 0.6 is 43.2 Å². The van der Waals surface area contributed by atoms with Crippen molar-refractivity contribution < 1.29 is 23.1 Å². The Labute approximate surface area is 130 Å². The Morgan fingerprint density at radius 3 is 2.45 bits per heavy atom. The monoisotopic (exact) mass is 430 g/mol. The number of carboxylic acids is 1. The van der Waals surface area contributed by atoms with E-state index in [2.05, 4.69) is 41.8 Å². The molecule has 0 aliphatic heterocycles. The molecule has 0 bridgehead atoms. The number of halogens is 5. The normalized spacial score (nSPS) is 11.7. The van der Waals surface area contributed by atoms with Crippen LogP contribution in [0.2, 0.25) is 0 Å². The van der Waals surface area contributed by atoms with Crippen LogP contribution in [-0.2, 0) is 6.18 Å². The average Bonchev–Trinajstić information content (AvgIpc) is 2.73.